The van der Waals surface area contributed by atoms with Crippen LogP contribution in [0.25, 0.3) is 0 Å². The summed E-state index contributed by atoms with van der Waals surface area (Å²) in [5.74, 6) is -0.262. The minimum absolute atomic E-state index is 0.152. The van der Waals surface area contributed by atoms with Crippen LogP contribution in [0.3, 0.4) is 0 Å². The second kappa shape index (κ2) is 4.52. The maximum absolute atomic E-state index is 11.9. The van der Waals surface area contributed by atoms with Gasteiger partial charge in [-0.05, 0) is 18.0 Å². The van der Waals surface area contributed by atoms with E-state index < -0.39 is 16.9 Å². The fourth-order valence-electron chi connectivity index (χ4n) is 2.32. The van der Waals surface area contributed by atoms with Gasteiger partial charge in [-0.3, -0.25) is 14.3 Å². The first kappa shape index (κ1) is 11.6. The summed E-state index contributed by atoms with van der Waals surface area (Å²) >= 11 is 0. The summed E-state index contributed by atoms with van der Waals surface area (Å²) < 4.78 is 1.08. The van der Waals surface area contributed by atoms with Crippen molar-refractivity contribution in [3.8, 4) is 0 Å². The molecule has 1 aliphatic rings. The minimum Gasteiger partial charge on any atom is -0.383 e. The number of aromatic amines is 1. The summed E-state index contributed by atoms with van der Waals surface area (Å²) in [4.78, 5) is 36.4. The zero-order valence-corrected chi connectivity index (χ0v) is 9.31. The topological polar surface area (TPSA) is 110 Å². The molecule has 0 radical (unpaired) electrons. The van der Waals surface area contributed by atoms with Crippen molar-refractivity contribution in [2.75, 3.05) is 5.73 Å². The molecule has 0 amide bonds. The van der Waals surface area contributed by atoms with Crippen molar-refractivity contribution in [1.82, 2.24) is 9.55 Å². The summed E-state index contributed by atoms with van der Waals surface area (Å²) in [5.41, 5.74) is 3.71. The van der Waals surface area contributed by atoms with Crippen LogP contribution in [0.4, 0.5) is 11.5 Å². The van der Waals surface area contributed by atoms with Gasteiger partial charge >= 0.3 is 5.69 Å². The lowest BCUT2D eigenvalue weighted by molar-refractivity contribution is 0.337. The summed E-state index contributed by atoms with van der Waals surface area (Å²) in [6.07, 6.45) is 4.60. The van der Waals surface area contributed by atoms with E-state index >= 15 is 0 Å². The minimum atomic E-state index is -0.687. The lowest BCUT2D eigenvalue weighted by Gasteiger charge is -2.22. The van der Waals surface area contributed by atoms with Crippen molar-refractivity contribution >= 4 is 11.5 Å². The largest absolute Gasteiger partial charge is 0.383 e. The molecule has 1 aromatic heterocycles. The molecule has 0 saturated heterocycles. The van der Waals surface area contributed by atoms with E-state index in [0.29, 0.717) is 0 Å². The number of anilines is 1. The van der Waals surface area contributed by atoms with Gasteiger partial charge in [0, 0.05) is 6.04 Å². The van der Waals surface area contributed by atoms with Crippen LogP contribution < -0.4 is 17.0 Å². The normalized spacial score (nSPS) is 16.9. The number of nitrogen functional groups attached to an aromatic ring is 1. The molecule has 3 N–H and O–H groups in total. The number of H-pyrrole nitrogens is 1. The molecule has 0 spiro atoms. The highest BCUT2D eigenvalue weighted by Crippen LogP contribution is 2.26. The van der Waals surface area contributed by atoms with Crippen LogP contribution in [0, 0.1) is 4.91 Å². The van der Waals surface area contributed by atoms with Crippen molar-refractivity contribution < 1.29 is 0 Å². The van der Waals surface area contributed by atoms with Crippen molar-refractivity contribution in [2.24, 2.45) is 5.18 Å². The van der Waals surface area contributed by atoms with Gasteiger partial charge in [0.25, 0.3) is 5.56 Å². The number of nitrogens with one attached hydrogen (secondary N) is 1. The van der Waals surface area contributed by atoms with E-state index in [0.717, 1.165) is 36.7 Å². The quantitative estimate of drug-likeness (QED) is 0.749. The molecule has 0 aromatic carbocycles. The summed E-state index contributed by atoms with van der Waals surface area (Å²) in [6, 6.07) is -0.152. The molecule has 1 saturated carbocycles. The fraction of sp³-hybridized carbons (Fsp3) is 0.600. The van der Waals surface area contributed by atoms with Gasteiger partial charge in [0.05, 0.1) is 0 Å². The number of hydrogen-bond donors (Lipinski definition) is 2. The van der Waals surface area contributed by atoms with E-state index in [1.54, 1.807) is 0 Å². The third kappa shape index (κ3) is 2.00. The van der Waals surface area contributed by atoms with Gasteiger partial charge in [-0.15, -0.1) is 4.91 Å². The van der Waals surface area contributed by atoms with Crippen molar-refractivity contribution in [3.63, 3.8) is 0 Å². The number of aromatic nitrogens is 2. The maximum atomic E-state index is 11.9. The first-order valence-electron chi connectivity index (χ1n) is 5.63. The Balaban J connectivity index is 2.56. The molecule has 2 rings (SSSR count). The van der Waals surface area contributed by atoms with E-state index in [-0.39, 0.29) is 11.9 Å². The Morgan fingerprint density at radius 3 is 2.47 bits per heavy atom. The third-order valence-corrected chi connectivity index (χ3v) is 3.17. The number of rotatable bonds is 2. The summed E-state index contributed by atoms with van der Waals surface area (Å²) in [7, 11) is 0. The lowest BCUT2D eigenvalue weighted by Crippen LogP contribution is -2.39. The van der Waals surface area contributed by atoms with E-state index in [1.807, 2.05) is 0 Å². The number of nitrogens with two attached hydrogens (primary N) is 1. The molecule has 17 heavy (non-hydrogen) atoms. The van der Waals surface area contributed by atoms with Crippen molar-refractivity contribution in [2.45, 2.75) is 38.1 Å². The van der Waals surface area contributed by atoms with E-state index in [1.165, 1.54) is 0 Å². The number of hydrogen-bond acceptors (Lipinski definition) is 5. The maximum Gasteiger partial charge on any atom is 0.330 e. The van der Waals surface area contributed by atoms with E-state index in [2.05, 4.69) is 10.2 Å². The molecule has 1 aromatic rings. The van der Waals surface area contributed by atoms with Crippen molar-refractivity contribution in [1.29, 1.82) is 0 Å². The van der Waals surface area contributed by atoms with Crippen LogP contribution in [0.2, 0.25) is 0 Å². The smallest absolute Gasteiger partial charge is 0.330 e. The third-order valence-electron chi connectivity index (χ3n) is 3.17. The predicted molar refractivity (Wildman–Crippen MR) is 63.3 cm³/mol. The Morgan fingerprint density at radius 1 is 1.24 bits per heavy atom. The van der Waals surface area contributed by atoms with Gasteiger partial charge in [-0.25, -0.2) is 4.79 Å². The highest BCUT2D eigenvalue weighted by Gasteiger charge is 2.21. The van der Waals surface area contributed by atoms with Crippen molar-refractivity contribution in [3.05, 3.63) is 25.7 Å². The predicted octanol–water partition coefficient (Wildman–Crippen LogP) is 1.02. The van der Waals surface area contributed by atoms with Gasteiger partial charge in [-0.1, -0.05) is 19.3 Å². The van der Waals surface area contributed by atoms with Gasteiger partial charge in [-0.2, -0.15) is 0 Å². The van der Waals surface area contributed by atoms with Crippen LogP contribution in [-0.4, -0.2) is 9.55 Å². The molecule has 7 heteroatoms. The first-order valence-corrected chi connectivity index (χ1v) is 5.63. The molecule has 7 nitrogen and oxygen atoms in total. The molecule has 0 aliphatic heterocycles. The molecular formula is C10H14N4O3. The molecule has 0 bridgehead atoms. The average Bonchev–Trinajstić information content (AvgIpc) is 2.30. The number of nitroso groups, excluding NO2 is 1. The monoisotopic (exact) mass is 238 g/mol. The van der Waals surface area contributed by atoms with E-state index in [9.17, 15) is 14.5 Å². The Bertz CT molecular complexity index is 539. The Labute approximate surface area is 96.6 Å². The molecule has 0 unspecified atom stereocenters. The van der Waals surface area contributed by atoms with Crippen LogP contribution >= 0.6 is 0 Å². The van der Waals surface area contributed by atoms with Gasteiger partial charge in [0.1, 0.15) is 5.82 Å². The summed E-state index contributed by atoms with van der Waals surface area (Å²) in [5, 5.41) is 2.59. The van der Waals surface area contributed by atoms with Crippen LogP contribution in [0.15, 0.2) is 14.8 Å². The second-order valence-corrected chi connectivity index (χ2v) is 4.25. The standard InChI is InChI=1S/C10H14N4O3/c11-8-7(13-17)9(15)14(10(16)12-8)6-4-2-1-3-5-6/h6H,1-5,11H2,(H,12,16). The van der Waals surface area contributed by atoms with Crippen LogP contribution in [0.1, 0.15) is 38.1 Å². The zero-order valence-electron chi connectivity index (χ0n) is 9.31. The van der Waals surface area contributed by atoms with Crippen LogP contribution in [-0.2, 0) is 0 Å². The fourth-order valence-corrected chi connectivity index (χ4v) is 2.32. The number of nitrogens with zero attached hydrogens (tertiary/aromatic N) is 2. The SMILES string of the molecule is Nc1[nH]c(=O)n(C2CCCCC2)c(=O)c1N=O. The Kier molecular flexibility index (Phi) is 3.08. The molecule has 1 heterocycles. The highest BCUT2D eigenvalue weighted by atomic mass is 16.3. The average molecular weight is 238 g/mol. The molecule has 1 fully saturated rings. The van der Waals surface area contributed by atoms with Gasteiger partial charge in [0.2, 0.25) is 5.69 Å². The highest BCUT2D eigenvalue weighted by molar-refractivity contribution is 5.54. The zero-order chi connectivity index (χ0) is 12.4. The molecule has 1 aliphatic carbocycles. The first-order chi connectivity index (χ1) is 8.15. The molecule has 0 atom stereocenters. The second-order valence-electron chi connectivity index (χ2n) is 4.25. The van der Waals surface area contributed by atoms with Crippen LogP contribution in [0.5, 0.6) is 0 Å². The van der Waals surface area contributed by atoms with Gasteiger partial charge < -0.3 is 5.73 Å². The Morgan fingerprint density at radius 2 is 1.88 bits per heavy atom. The van der Waals surface area contributed by atoms with E-state index in [4.69, 9.17) is 5.73 Å². The van der Waals surface area contributed by atoms with Gasteiger partial charge in [0.15, 0.2) is 0 Å². The molecular weight excluding hydrogens is 224 g/mol. The summed E-state index contributed by atoms with van der Waals surface area (Å²) in [6.45, 7) is 0. The Hall–Kier alpha value is -1.92. The lowest BCUT2D eigenvalue weighted by atomic mass is 9.95. The molecule has 92 valence electrons.